The number of thiocarbonyl (C=S) groups is 1. The van der Waals surface area contributed by atoms with Crippen molar-refractivity contribution in [3.8, 4) is 5.75 Å². The second-order valence-electron chi connectivity index (χ2n) is 9.89. The molecule has 0 unspecified atom stereocenters. The molecular formula is C29H35N3O3S2. The summed E-state index contributed by atoms with van der Waals surface area (Å²) in [5.41, 5.74) is 9.61. The molecule has 0 spiro atoms. The Hall–Kier alpha value is -3.23. The molecular weight excluding hydrogens is 502 g/mol. The first kappa shape index (κ1) is 28.3. The Morgan fingerprint density at radius 1 is 1.08 bits per heavy atom. The largest absolute Gasteiger partial charge is 0.493 e. The van der Waals surface area contributed by atoms with E-state index in [1.54, 1.807) is 0 Å². The molecule has 0 saturated carbocycles. The number of nitrogens with one attached hydrogen (secondary N) is 2. The van der Waals surface area contributed by atoms with Crippen LogP contribution in [0.5, 0.6) is 5.75 Å². The minimum absolute atomic E-state index is 0.139. The van der Waals surface area contributed by atoms with E-state index < -0.39 is 11.3 Å². The van der Waals surface area contributed by atoms with Crippen LogP contribution in [-0.2, 0) is 11.2 Å². The second-order valence-corrected chi connectivity index (χ2v) is 11.4. The maximum atomic E-state index is 13.0. The van der Waals surface area contributed by atoms with E-state index in [4.69, 9.17) is 22.7 Å². The first-order valence-electron chi connectivity index (χ1n) is 12.3. The van der Waals surface area contributed by atoms with Crippen LogP contribution in [-0.4, -0.2) is 23.5 Å². The van der Waals surface area contributed by atoms with Crippen LogP contribution in [0, 0.1) is 26.2 Å². The van der Waals surface area contributed by atoms with Crippen LogP contribution in [0.3, 0.4) is 0 Å². The summed E-state index contributed by atoms with van der Waals surface area (Å²) in [6.07, 6.45) is 2.01. The van der Waals surface area contributed by atoms with Crippen LogP contribution in [0.2, 0.25) is 0 Å². The fourth-order valence-electron chi connectivity index (χ4n) is 3.97. The predicted molar refractivity (Wildman–Crippen MR) is 156 cm³/mol. The van der Waals surface area contributed by atoms with Crippen molar-refractivity contribution in [3.05, 3.63) is 81.2 Å². The number of rotatable bonds is 10. The zero-order valence-electron chi connectivity index (χ0n) is 22.1. The van der Waals surface area contributed by atoms with E-state index in [1.165, 1.54) is 11.3 Å². The third kappa shape index (κ3) is 7.63. The summed E-state index contributed by atoms with van der Waals surface area (Å²) in [6, 6.07) is 16.1. The molecule has 0 saturated heterocycles. The van der Waals surface area contributed by atoms with E-state index in [9.17, 15) is 9.59 Å². The van der Waals surface area contributed by atoms with Crippen molar-refractivity contribution in [3.63, 3.8) is 0 Å². The fraction of sp³-hybridized carbons (Fsp3) is 0.345. The highest BCUT2D eigenvalue weighted by atomic mass is 32.1. The van der Waals surface area contributed by atoms with Crippen LogP contribution < -0.4 is 21.1 Å². The molecule has 1 aromatic heterocycles. The number of nitrogens with two attached hydrogens (primary N) is 1. The number of amides is 2. The van der Waals surface area contributed by atoms with Gasteiger partial charge in [-0.05, 0) is 74.2 Å². The maximum Gasteiger partial charge on any atom is 0.251 e. The summed E-state index contributed by atoms with van der Waals surface area (Å²) in [6.45, 7) is 10.2. The van der Waals surface area contributed by atoms with Crippen molar-refractivity contribution in [2.45, 2.75) is 53.9 Å². The Balaban J connectivity index is 1.58. The van der Waals surface area contributed by atoms with Gasteiger partial charge in [0.25, 0.3) is 5.91 Å². The third-order valence-corrected chi connectivity index (χ3v) is 7.73. The molecule has 8 heteroatoms. The van der Waals surface area contributed by atoms with Crippen molar-refractivity contribution in [1.29, 1.82) is 0 Å². The highest BCUT2D eigenvalue weighted by Gasteiger charge is 2.28. The van der Waals surface area contributed by atoms with E-state index in [-0.39, 0.29) is 11.0 Å². The molecule has 196 valence electrons. The number of anilines is 1. The standard InChI is InChI=1S/C29H35N3O3S2/c1-18-12-13-19(2)22(16-18)35-15-9-14-29(4,5)27(34)32-28(36)31-26-24(25(30)33)20(3)23(37-26)17-21-10-7-6-8-11-21/h6-8,10-13,16H,9,14-15,17H2,1-5H3,(H2,30,33)(H2,31,32,34,36). The molecule has 2 amide bonds. The quantitative estimate of drug-likeness (QED) is 0.216. The van der Waals surface area contributed by atoms with Crippen LogP contribution in [0.25, 0.3) is 0 Å². The first-order valence-corrected chi connectivity index (χ1v) is 13.5. The Kier molecular flexibility index (Phi) is 9.45. The number of thiophene rings is 1. The van der Waals surface area contributed by atoms with Crippen LogP contribution in [0.1, 0.15) is 64.2 Å². The molecule has 0 aliphatic rings. The van der Waals surface area contributed by atoms with Gasteiger partial charge in [-0.25, -0.2) is 0 Å². The summed E-state index contributed by atoms with van der Waals surface area (Å²) in [5.74, 6) is 0.139. The van der Waals surface area contributed by atoms with Crippen molar-refractivity contribution >= 4 is 45.5 Å². The summed E-state index contributed by atoms with van der Waals surface area (Å²) >= 11 is 6.84. The molecule has 0 radical (unpaired) electrons. The molecule has 6 nitrogen and oxygen atoms in total. The fourth-order valence-corrected chi connectivity index (χ4v) is 5.48. The molecule has 3 aromatic rings. The lowest BCUT2D eigenvalue weighted by Gasteiger charge is -2.24. The molecule has 2 aromatic carbocycles. The predicted octanol–water partition coefficient (Wildman–Crippen LogP) is 6.06. The van der Waals surface area contributed by atoms with E-state index in [2.05, 4.69) is 16.7 Å². The number of benzene rings is 2. The Morgan fingerprint density at radius 2 is 1.78 bits per heavy atom. The van der Waals surface area contributed by atoms with Gasteiger partial charge < -0.3 is 21.1 Å². The average Bonchev–Trinajstić information content (AvgIpc) is 3.13. The summed E-state index contributed by atoms with van der Waals surface area (Å²) in [4.78, 5) is 26.2. The lowest BCUT2D eigenvalue weighted by Crippen LogP contribution is -2.42. The van der Waals surface area contributed by atoms with E-state index >= 15 is 0 Å². The topological polar surface area (TPSA) is 93.4 Å². The number of hydrogen-bond donors (Lipinski definition) is 3. The smallest absolute Gasteiger partial charge is 0.251 e. The van der Waals surface area contributed by atoms with Crippen molar-refractivity contribution in [2.24, 2.45) is 11.1 Å². The van der Waals surface area contributed by atoms with Gasteiger partial charge in [0.1, 0.15) is 10.8 Å². The van der Waals surface area contributed by atoms with Crippen LogP contribution in [0.15, 0.2) is 48.5 Å². The highest BCUT2D eigenvalue weighted by molar-refractivity contribution is 7.80. The van der Waals surface area contributed by atoms with E-state index in [0.29, 0.717) is 36.4 Å². The number of aryl methyl sites for hydroxylation is 2. The van der Waals surface area contributed by atoms with Gasteiger partial charge >= 0.3 is 0 Å². The summed E-state index contributed by atoms with van der Waals surface area (Å²) < 4.78 is 5.93. The summed E-state index contributed by atoms with van der Waals surface area (Å²) in [5, 5.41) is 6.50. The lowest BCUT2D eigenvalue weighted by atomic mass is 9.87. The third-order valence-electron chi connectivity index (χ3n) is 6.32. The van der Waals surface area contributed by atoms with Gasteiger partial charge in [0.2, 0.25) is 5.91 Å². The minimum Gasteiger partial charge on any atom is -0.493 e. The molecule has 0 aliphatic carbocycles. The number of primary amides is 1. The Labute approximate surface area is 228 Å². The van der Waals surface area contributed by atoms with Gasteiger partial charge in [-0.1, -0.05) is 56.3 Å². The second kappa shape index (κ2) is 12.3. The van der Waals surface area contributed by atoms with E-state index in [1.807, 2.05) is 77.1 Å². The molecule has 0 fully saturated rings. The normalized spacial score (nSPS) is 11.2. The maximum absolute atomic E-state index is 13.0. The van der Waals surface area contributed by atoms with Gasteiger partial charge in [0.05, 0.1) is 12.2 Å². The minimum atomic E-state index is -0.660. The molecule has 0 aliphatic heterocycles. The molecule has 3 rings (SSSR count). The van der Waals surface area contributed by atoms with Crippen LogP contribution >= 0.6 is 23.6 Å². The monoisotopic (exact) mass is 537 g/mol. The molecule has 0 bridgehead atoms. The van der Waals surface area contributed by atoms with Crippen LogP contribution in [0.4, 0.5) is 5.00 Å². The Morgan fingerprint density at radius 3 is 2.46 bits per heavy atom. The van der Waals surface area contributed by atoms with Gasteiger partial charge in [-0.15, -0.1) is 11.3 Å². The number of carbonyl (C=O) groups excluding carboxylic acids is 2. The van der Waals surface area contributed by atoms with Crippen molar-refractivity contribution < 1.29 is 14.3 Å². The molecule has 4 N–H and O–H groups in total. The number of carbonyl (C=O) groups is 2. The molecule has 37 heavy (non-hydrogen) atoms. The van der Waals surface area contributed by atoms with Gasteiger partial charge in [-0.2, -0.15) is 0 Å². The van der Waals surface area contributed by atoms with Gasteiger partial charge in [-0.3, -0.25) is 9.59 Å². The zero-order chi connectivity index (χ0) is 27.2. The van der Waals surface area contributed by atoms with Gasteiger partial charge in [0.15, 0.2) is 5.11 Å². The Bertz CT molecular complexity index is 1280. The molecule has 0 atom stereocenters. The zero-order valence-corrected chi connectivity index (χ0v) is 23.7. The number of ether oxygens (including phenoxy) is 1. The lowest BCUT2D eigenvalue weighted by molar-refractivity contribution is -0.128. The highest BCUT2D eigenvalue weighted by Crippen LogP contribution is 2.34. The SMILES string of the molecule is Cc1ccc(C)c(OCCCC(C)(C)C(=O)NC(=S)Nc2sc(Cc3ccccc3)c(C)c2C(N)=O)c1. The van der Waals surface area contributed by atoms with Gasteiger partial charge in [0, 0.05) is 16.7 Å². The summed E-state index contributed by atoms with van der Waals surface area (Å²) in [7, 11) is 0. The first-order chi connectivity index (χ1) is 17.5. The molecule has 1 heterocycles. The number of hydrogen-bond acceptors (Lipinski definition) is 5. The van der Waals surface area contributed by atoms with Crippen molar-refractivity contribution in [2.75, 3.05) is 11.9 Å². The van der Waals surface area contributed by atoms with Crippen molar-refractivity contribution in [1.82, 2.24) is 5.32 Å². The average molecular weight is 538 g/mol. The van der Waals surface area contributed by atoms with E-state index in [0.717, 1.165) is 32.9 Å².